The molecule has 0 radical (unpaired) electrons. The number of methoxy groups -OCH3 is 1. The molecule has 1 saturated carbocycles. The highest BCUT2D eigenvalue weighted by Crippen LogP contribution is 2.34. The predicted octanol–water partition coefficient (Wildman–Crippen LogP) is 4.39. The van der Waals surface area contributed by atoms with Crippen LogP contribution >= 0.6 is 0 Å². The van der Waals surface area contributed by atoms with Crippen molar-refractivity contribution < 1.29 is 44.6 Å². The number of alkyl halides is 5. The van der Waals surface area contributed by atoms with Crippen LogP contribution in [0.1, 0.15) is 28.8 Å². The van der Waals surface area contributed by atoms with Gasteiger partial charge in [0.2, 0.25) is 0 Å². The van der Waals surface area contributed by atoms with Crippen molar-refractivity contribution in [3.63, 3.8) is 0 Å². The number of nitrogens with zero attached hydrogens (tertiary/aromatic N) is 1. The highest BCUT2D eigenvalue weighted by molar-refractivity contribution is 7.92. The topological polar surface area (TPSA) is 72.9 Å². The Morgan fingerprint density at radius 1 is 1.09 bits per heavy atom. The molecule has 0 saturated heterocycles. The van der Waals surface area contributed by atoms with E-state index in [1.165, 1.54) is 30.2 Å². The van der Waals surface area contributed by atoms with Crippen molar-refractivity contribution in [2.45, 2.75) is 42.4 Å². The van der Waals surface area contributed by atoms with Crippen LogP contribution in [0, 0.1) is 0 Å². The largest absolute Gasteiger partial charge is 0.501 e. The lowest BCUT2D eigenvalue weighted by Gasteiger charge is -2.23. The molecule has 0 bridgehead atoms. The quantitative estimate of drug-likeness (QED) is 0.525. The van der Waals surface area contributed by atoms with Gasteiger partial charge in [0.05, 0.1) is 12.0 Å². The minimum absolute atomic E-state index is 0.0163. The van der Waals surface area contributed by atoms with Gasteiger partial charge in [-0.15, -0.1) is 0 Å². The molecule has 12 heteroatoms. The number of hydrogen-bond acceptors (Lipinski definition) is 5. The molecule has 174 valence electrons. The molecule has 1 amide bonds. The SMILES string of the molecule is COc1cc(CN(C(=O)c2ccc(S(=O)(=O)C(F)(F)F)cc2)C2CC2)ccc1OC(F)F. The van der Waals surface area contributed by atoms with Crippen LogP contribution in [0.3, 0.4) is 0 Å². The first-order valence-corrected chi connectivity index (χ1v) is 10.8. The van der Waals surface area contributed by atoms with E-state index in [-0.39, 0.29) is 29.6 Å². The fraction of sp³-hybridized carbons (Fsp3) is 0.350. The Morgan fingerprint density at radius 2 is 1.72 bits per heavy atom. The molecule has 1 aliphatic carbocycles. The molecule has 3 rings (SSSR count). The molecule has 32 heavy (non-hydrogen) atoms. The summed E-state index contributed by atoms with van der Waals surface area (Å²) in [4.78, 5) is 13.5. The van der Waals surface area contributed by atoms with Gasteiger partial charge in [0.15, 0.2) is 11.5 Å². The first-order chi connectivity index (χ1) is 14.9. The normalized spacial score (nSPS) is 14.3. The Hall–Kier alpha value is -2.89. The van der Waals surface area contributed by atoms with E-state index in [9.17, 15) is 35.2 Å². The third kappa shape index (κ3) is 5.12. The van der Waals surface area contributed by atoms with Gasteiger partial charge in [0.25, 0.3) is 15.7 Å². The number of benzene rings is 2. The number of rotatable bonds is 8. The number of sulfone groups is 1. The summed E-state index contributed by atoms with van der Waals surface area (Å²) in [6.07, 6.45) is 1.44. The molecule has 0 unspecified atom stereocenters. The van der Waals surface area contributed by atoms with Crippen LogP contribution in [0.15, 0.2) is 47.4 Å². The molecule has 0 spiro atoms. The van der Waals surface area contributed by atoms with Crippen molar-refractivity contribution in [2.75, 3.05) is 7.11 Å². The predicted molar refractivity (Wildman–Crippen MR) is 102 cm³/mol. The first-order valence-electron chi connectivity index (χ1n) is 9.28. The summed E-state index contributed by atoms with van der Waals surface area (Å²) in [7, 11) is -4.24. The number of carbonyl (C=O) groups is 1. The molecule has 0 N–H and O–H groups in total. The van der Waals surface area contributed by atoms with Crippen molar-refractivity contribution in [2.24, 2.45) is 0 Å². The molecule has 6 nitrogen and oxygen atoms in total. The van der Waals surface area contributed by atoms with E-state index in [0.717, 1.165) is 37.1 Å². The van der Waals surface area contributed by atoms with Gasteiger partial charge in [0.1, 0.15) is 0 Å². The Balaban J connectivity index is 1.82. The van der Waals surface area contributed by atoms with Crippen molar-refractivity contribution in [1.29, 1.82) is 0 Å². The van der Waals surface area contributed by atoms with Gasteiger partial charge in [-0.25, -0.2) is 8.42 Å². The molecule has 0 atom stereocenters. The molecule has 2 aromatic carbocycles. The van der Waals surface area contributed by atoms with E-state index in [4.69, 9.17) is 4.74 Å². The van der Waals surface area contributed by atoms with Crippen molar-refractivity contribution in [1.82, 2.24) is 4.90 Å². The summed E-state index contributed by atoms with van der Waals surface area (Å²) in [5.74, 6) is -0.625. The van der Waals surface area contributed by atoms with E-state index in [2.05, 4.69) is 4.74 Å². The number of hydrogen-bond donors (Lipinski definition) is 0. The Bertz CT molecular complexity index is 1080. The molecular formula is C20H18F5NO5S. The standard InChI is InChI=1S/C20H18F5NO5S/c1-30-17-10-12(2-9-16(17)31-19(21)22)11-26(14-5-6-14)18(27)13-3-7-15(8-4-13)32(28,29)20(23,24)25/h2-4,7-10,14,19H,5-6,11H2,1H3. The second-order valence-corrected chi connectivity index (χ2v) is 8.94. The van der Waals surface area contributed by atoms with Gasteiger partial charge in [-0.1, -0.05) is 6.07 Å². The van der Waals surface area contributed by atoms with Crippen molar-refractivity contribution in [3.8, 4) is 11.5 Å². The lowest BCUT2D eigenvalue weighted by Crippen LogP contribution is -2.32. The maximum atomic E-state index is 13.0. The van der Waals surface area contributed by atoms with Crippen LogP contribution in [0.25, 0.3) is 0 Å². The zero-order valence-corrected chi connectivity index (χ0v) is 17.4. The molecular weight excluding hydrogens is 461 g/mol. The van der Waals surface area contributed by atoms with Crippen LogP contribution in [-0.2, 0) is 16.4 Å². The average molecular weight is 479 g/mol. The van der Waals surface area contributed by atoms with Crippen LogP contribution < -0.4 is 9.47 Å². The lowest BCUT2D eigenvalue weighted by atomic mass is 10.1. The fourth-order valence-corrected chi connectivity index (χ4v) is 3.79. The average Bonchev–Trinajstić information content (AvgIpc) is 3.56. The fourth-order valence-electron chi connectivity index (χ4n) is 3.03. The summed E-state index contributed by atoms with van der Waals surface area (Å²) in [6.45, 7) is -2.96. The number of amides is 1. The number of carbonyl (C=O) groups excluding carboxylic acids is 1. The molecule has 0 aliphatic heterocycles. The van der Waals surface area contributed by atoms with E-state index < -0.39 is 32.8 Å². The number of ether oxygens (including phenoxy) is 2. The maximum Gasteiger partial charge on any atom is 0.501 e. The van der Waals surface area contributed by atoms with Gasteiger partial charge in [-0.2, -0.15) is 22.0 Å². The van der Waals surface area contributed by atoms with Crippen molar-refractivity contribution >= 4 is 15.7 Å². The van der Waals surface area contributed by atoms with E-state index in [1.54, 1.807) is 0 Å². The minimum Gasteiger partial charge on any atom is -0.493 e. The van der Waals surface area contributed by atoms with E-state index in [0.29, 0.717) is 5.56 Å². The maximum absolute atomic E-state index is 13.0. The van der Waals surface area contributed by atoms with Gasteiger partial charge < -0.3 is 14.4 Å². The molecule has 1 fully saturated rings. The zero-order chi connectivity index (χ0) is 23.7. The third-order valence-electron chi connectivity index (χ3n) is 4.76. The van der Waals surface area contributed by atoms with Gasteiger partial charge in [-0.05, 0) is 54.8 Å². The lowest BCUT2D eigenvalue weighted by molar-refractivity contribution is -0.0512. The second-order valence-electron chi connectivity index (χ2n) is 7.00. The van der Waals surface area contributed by atoms with Gasteiger partial charge in [0, 0.05) is 18.2 Å². The van der Waals surface area contributed by atoms with Crippen LogP contribution in [-0.4, -0.2) is 44.5 Å². The molecule has 0 aromatic heterocycles. The zero-order valence-electron chi connectivity index (χ0n) is 16.6. The monoisotopic (exact) mass is 479 g/mol. The Morgan fingerprint density at radius 3 is 2.22 bits per heavy atom. The van der Waals surface area contributed by atoms with Crippen molar-refractivity contribution in [3.05, 3.63) is 53.6 Å². The second kappa shape index (κ2) is 8.93. The highest BCUT2D eigenvalue weighted by Gasteiger charge is 2.46. The summed E-state index contributed by atoms with van der Waals surface area (Å²) in [5, 5.41) is 0. The Kier molecular flexibility index (Phi) is 6.63. The van der Waals surface area contributed by atoms with Gasteiger partial charge >= 0.3 is 12.1 Å². The molecule has 0 heterocycles. The van der Waals surface area contributed by atoms with E-state index >= 15 is 0 Å². The summed E-state index contributed by atoms with van der Waals surface area (Å²) >= 11 is 0. The van der Waals surface area contributed by atoms with Gasteiger partial charge in [-0.3, -0.25) is 4.79 Å². The van der Waals surface area contributed by atoms with E-state index in [1.807, 2.05) is 0 Å². The molecule has 1 aliphatic rings. The minimum atomic E-state index is -5.52. The number of halogens is 5. The van der Waals surface area contributed by atoms with Crippen LogP contribution in [0.2, 0.25) is 0 Å². The summed E-state index contributed by atoms with van der Waals surface area (Å²) < 4.78 is 95.5. The smallest absolute Gasteiger partial charge is 0.493 e. The van der Waals surface area contributed by atoms with Crippen LogP contribution in [0.5, 0.6) is 11.5 Å². The third-order valence-corrected chi connectivity index (χ3v) is 6.26. The Labute approximate surface area is 180 Å². The summed E-state index contributed by atoms with van der Waals surface area (Å²) in [5.41, 5.74) is -4.87. The highest BCUT2D eigenvalue weighted by atomic mass is 32.2. The van der Waals surface area contributed by atoms with Crippen LogP contribution in [0.4, 0.5) is 22.0 Å². The first kappa shape index (κ1) is 23.8. The molecule has 2 aromatic rings. The summed E-state index contributed by atoms with van der Waals surface area (Å²) in [6, 6.07) is 7.63.